The molecule has 0 unspecified atom stereocenters. The van der Waals surface area contributed by atoms with Crippen molar-refractivity contribution in [2.45, 2.75) is 46.1 Å². The van der Waals surface area contributed by atoms with Crippen LogP contribution in [0.5, 0.6) is 17.2 Å². The molecule has 1 saturated heterocycles. The van der Waals surface area contributed by atoms with Gasteiger partial charge in [0.2, 0.25) is 0 Å². The Kier molecular flexibility index (Phi) is 7.36. The first-order valence-corrected chi connectivity index (χ1v) is 13.3. The summed E-state index contributed by atoms with van der Waals surface area (Å²) in [5.41, 5.74) is 2.65. The zero-order valence-electron chi connectivity index (χ0n) is 23.5. The molecule has 5 rings (SSSR count). The van der Waals surface area contributed by atoms with Crippen LogP contribution < -0.4 is 14.2 Å². The minimum Gasteiger partial charge on any atom is -0.493 e. The fraction of sp³-hybridized carbons (Fsp3) is 0.433. The maximum Gasteiger partial charge on any atom is 0.514 e. The van der Waals surface area contributed by atoms with Gasteiger partial charge in [0.25, 0.3) is 0 Å². The van der Waals surface area contributed by atoms with Crippen molar-refractivity contribution in [2.24, 2.45) is 5.92 Å². The van der Waals surface area contributed by atoms with Gasteiger partial charge in [-0.2, -0.15) is 5.10 Å². The summed E-state index contributed by atoms with van der Waals surface area (Å²) >= 11 is 0. The average Bonchev–Trinajstić information content (AvgIpc) is 3.36. The van der Waals surface area contributed by atoms with Crippen molar-refractivity contribution in [3.8, 4) is 28.5 Å². The van der Waals surface area contributed by atoms with Crippen LogP contribution >= 0.6 is 0 Å². The van der Waals surface area contributed by atoms with Gasteiger partial charge in [-0.25, -0.2) is 9.78 Å². The molecule has 4 aromatic rings. The van der Waals surface area contributed by atoms with Gasteiger partial charge in [0, 0.05) is 27.3 Å². The maximum absolute atomic E-state index is 12.1. The molecule has 1 N–H and O–H groups in total. The number of ether oxygens (including phenoxy) is 4. The van der Waals surface area contributed by atoms with Crippen LogP contribution in [-0.2, 0) is 4.74 Å². The molecule has 2 aromatic heterocycles. The number of rotatable bonds is 6. The molecular formula is C30H36N4O5. The SMILES string of the molecule is COc1cc2c(-c3ccc(OC(=O)OC(C)(C)C)cc3)nc3[nH]ncc3c2c(C)c1OCC1CCN(C)CC1. The molecule has 0 aliphatic carbocycles. The summed E-state index contributed by atoms with van der Waals surface area (Å²) in [5.74, 6) is 2.33. The van der Waals surface area contributed by atoms with E-state index < -0.39 is 11.8 Å². The number of likely N-dealkylation sites (tertiary alicyclic amines) is 1. The number of pyridine rings is 1. The number of H-pyrrole nitrogens is 1. The van der Waals surface area contributed by atoms with Crippen LogP contribution in [0.3, 0.4) is 0 Å². The van der Waals surface area contributed by atoms with Crippen LogP contribution in [-0.4, -0.2) is 65.7 Å². The maximum atomic E-state index is 12.1. The van der Waals surface area contributed by atoms with E-state index in [4.69, 9.17) is 23.9 Å². The highest BCUT2D eigenvalue weighted by molar-refractivity contribution is 6.12. The van der Waals surface area contributed by atoms with E-state index in [2.05, 4.69) is 29.1 Å². The van der Waals surface area contributed by atoms with Gasteiger partial charge in [-0.15, -0.1) is 0 Å². The fourth-order valence-electron chi connectivity index (χ4n) is 5.05. The molecule has 0 bridgehead atoms. The standard InChI is InChI=1S/C30H36N4O5/c1-18-25-22(15-24(36-6)27(18)37-17-19-11-13-34(5)14-12-19)26(32-28-23(25)16-31-33-28)20-7-9-21(10-8-20)38-29(35)39-30(2,3)4/h7-10,15-16,19H,11-14,17H2,1-6H3,(H,31,32,33). The van der Waals surface area contributed by atoms with Crippen molar-refractivity contribution in [1.82, 2.24) is 20.1 Å². The predicted molar refractivity (Wildman–Crippen MR) is 151 cm³/mol. The Balaban J connectivity index is 1.51. The lowest BCUT2D eigenvalue weighted by molar-refractivity contribution is 0.0206. The summed E-state index contributed by atoms with van der Waals surface area (Å²) in [6, 6.07) is 9.19. The van der Waals surface area contributed by atoms with Crippen molar-refractivity contribution in [2.75, 3.05) is 33.9 Å². The average molecular weight is 533 g/mol. The summed E-state index contributed by atoms with van der Waals surface area (Å²) in [6.45, 7) is 10.3. The van der Waals surface area contributed by atoms with Crippen molar-refractivity contribution in [3.63, 3.8) is 0 Å². The van der Waals surface area contributed by atoms with Gasteiger partial charge in [-0.3, -0.25) is 5.10 Å². The number of benzene rings is 2. The Hall–Kier alpha value is -3.85. The lowest BCUT2D eigenvalue weighted by Gasteiger charge is -2.29. The Morgan fingerprint density at radius 3 is 2.51 bits per heavy atom. The third kappa shape index (κ3) is 5.78. The zero-order valence-corrected chi connectivity index (χ0v) is 23.5. The molecule has 0 atom stereocenters. The van der Waals surface area contributed by atoms with Crippen molar-refractivity contribution >= 4 is 28.0 Å². The quantitative estimate of drug-likeness (QED) is 0.234. The number of hydrogen-bond acceptors (Lipinski definition) is 8. The second-order valence-corrected chi connectivity index (χ2v) is 11.2. The first-order chi connectivity index (χ1) is 18.6. The van der Waals surface area contributed by atoms with E-state index in [-0.39, 0.29) is 0 Å². The lowest BCUT2D eigenvalue weighted by atomic mass is 9.96. The molecule has 9 heteroatoms. The number of methoxy groups -OCH3 is 1. The third-order valence-corrected chi connectivity index (χ3v) is 7.09. The van der Waals surface area contributed by atoms with Gasteiger partial charge < -0.3 is 23.8 Å². The summed E-state index contributed by atoms with van der Waals surface area (Å²) in [6.07, 6.45) is 3.30. The number of carbonyl (C=O) groups is 1. The molecular weight excluding hydrogens is 496 g/mol. The molecule has 0 saturated carbocycles. The molecule has 1 fully saturated rings. The van der Waals surface area contributed by atoms with Crippen LogP contribution in [0.1, 0.15) is 39.2 Å². The Labute approximate surface area is 228 Å². The van der Waals surface area contributed by atoms with E-state index in [1.165, 1.54) is 0 Å². The molecule has 39 heavy (non-hydrogen) atoms. The molecule has 0 radical (unpaired) electrons. The monoisotopic (exact) mass is 532 g/mol. The van der Waals surface area contributed by atoms with Gasteiger partial charge >= 0.3 is 6.16 Å². The van der Waals surface area contributed by atoms with Crippen molar-refractivity contribution in [1.29, 1.82) is 0 Å². The van der Waals surface area contributed by atoms with Crippen LogP contribution in [0, 0.1) is 12.8 Å². The smallest absolute Gasteiger partial charge is 0.493 e. The van der Waals surface area contributed by atoms with Gasteiger partial charge in [-0.1, -0.05) is 0 Å². The third-order valence-electron chi connectivity index (χ3n) is 7.09. The zero-order chi connectivity index (χ0) is 27.7. The fourth-order valence-corrected chi connectivity index (χ4v) is 5.05. The van der Waals surface area contributed by atoms with E-state index >= 15 is 0 Å². The van der Waals surface area contributed by atoms with E-state index in [9.17, 15) is 4.79 Å². The van der Waals surface area contributed by atoms with Gasteiger partial charge in [0.15, 0.2) is 17.1 Å². The largest absolute Gasteiger partial charge is 0.514 e. The van der Waals surface area contributed by atoms with Crippen LogP contribution in [0.2, 0.25) is 0 Å². The summed E-state index contributed by atoms with van der Waals surface area (Å²) < 4.78 is 22.9. The Morgan fingerprint density at radius 1 is 1.13 bits per heavy atom. The van der Waals surface area contributed by atoms with Crippen LogP contribution in [0.15, 0.2) is 36.5 Å². The molecule has 9 nitrogen and oxygen atoms in total. The van der Waals surface area contributed by atoms with Crippen molar-refractivity contribution in [3.05, 3.63) is 42.1 Å². The molecule has 0 spiro atoms. The Morgan fingerprint density at radius 2 is 1.85 bits per heavy atom. The summed E-state index contributed by atoms with van der Waals surface area (Å²) in [5, 5.41) is 10.1. The molecule has 1 aliphatic heterocycles. The van der Waals surface area contributed by atoms with Gasteiger partial charge in [0.05, 0.1) is 25.6 Å². The van der Waals surface area contributed by atoms with Crippen LogP contribution in [0.25, 0.3) is 33.1 Å². The summed E-state index contributed by atoms with van der Waals surface area (Å²) in [4.78, 5) is 19.3. The van der Waals surface area contributed by atoms with Crippen LogP contribution in [0.4, 0.5) is 4.79 Å². The number of piperidine rings is 1. The molecule has 0 amide bonds. The first-order valence-electron chi connectivity index (χ1n) is 13.3. The topological polar surface area (TPSA) is 98.8 Å². The van der Waals surface area contributed by atoms with Gasteiger partial charge in [0.1, 0.15) is 11.4 Å². The highest BCUT2D eigenvalue weighted by Gasteiger charge is 2.23. The van der Waals surface area contributed by atoms with E-state index in [0.29, 0.717) is 29.7 Å². The van der Waals surface area contributed by atoms with E-state index in [1.54, 1.807) is 46.2 Å². The molecule has 1 aliphatic rings. The van der Waals surface area contributed by atoms with Crippen molar-refractivity contribution < 1.29 is 23.7 Å². The number of hydrogen-bond donors (Lipinski definition) is 1. The molecule has 3 heterocycles. The number of aromatic amines is 1. The highest BCUT2D eigenvalue weighted by Crippen LogP contribution is 2.43. The van der Waals surface area contributed by atoms with E-state index in [0.717, 1.165) is 64.7 Å². The number of aryl methyl sites for hydroxylation is 1. The number of nitrogens with one attached hydrogen (secondary N) is 1. The Bertz CT molecular complexity index is 1480. The minimum absolute atomic E-state index is 0.387. The normalized spacial score (nSPS) is 15.0. The lowest BCUT2D eigenvalue weighted by Crippen LogP contribution is -2.32. The number of carbonyl (C=O) groups excluding carboxylic acids is 1. The summed E-state index contributed by atoms with van der Waals surface area (Å²) in [7, 11) is 3.83. The predicted octanol–water partition coefficient (Wildman–Crippen LogP) is 6.13. The molecule has 206 valence electrons. The molecule has 2 aromatic carbocycles. The minimum atomic E-state index is -0.745. The van der Waals surface area contributed by atoms with Gasteiger partial charge in [-0.05, 0) is 96.9 Å². The second-order valence-electron chi connectivity index (χ2n) is 11.2. The number of fused-ring (bicyclic) bond motifs is 3. The number of nitrogens with zero attached hydrogens (tertiary/aromatic N) is 3. The number of aromatic nitrogens is 3. The highest BCUT2D eigenvalue weighted by atomic mass is 16.7. The van der Waals surface area contributed by atoms with E-state index in [1.807, 2.05) is 18.2 Å². The first kappa shape index (κ1) is 26.7. The second kappa shape index (κ2) is 10.7.